The molecule has 1 aromatic carbocycles. The second-order valence-electron chi connectivity index (χ2n) is 5.17. The molecular formula is C15H20N2O3S. The molecule has 5 nitrogen and oxygen atoms in total. The smallest absolute Gasteiger partial charge is 0.257 e. The summed E-state index contributed by atoms with van der Waals surface area (Å²) in [5, 5.41) is 12.4. The van der Waals surface area contributed by atoms with Gasteiger partial charge in [-0.3, -0.25) is 4.79 Å². The van der Waals surface area contributed by atoms with Crippen molar-refractivity contribution in [3.05, 3.63) is 24.3 Å². The lowest BCUT2D eigenvalue weighted by atomic mass is 10.0. The van der Waals surface area contributed by atoms with Crippen molar-refractivity contribution in [3.8, 4) is 0 Å². The van der Waals surface area contributed by atoms with E-state index in [1.54, 1.807) is 0 Å². The summed E-state index contributed by atoms with van der Waals surface area (Å²) in [6, 6.07) is 7.50. The van der Waals surface area contributed by atoms with Gasteiger partial charge in [0.2, 0.25) is 5.91 Å². The summed E-state index contributed by atoms with van der Waals surface area (Å²) in [4.78, 5) is 16.2. The normalized spacial score (nSPS) is 12.8. The Morgan fingerprint density at radius 3 is 2.86 bits per heavy atom. The van der Waals surface area contributed by atoms with Crippen molar-refractivity contribution in [3.63, 3.8) is 0 Å². The van der Waals surface area contributed by atoms with E-state index in [-0.39, 0.29) is 30.2 Å². The fraction of sp³-hybridized carbons (Fsp3) is 0.467. The maximum absolute atomic E-state index is 11.9. The predicted molar refractivity (Wildman–Crippen MR) is 83.2 cm³/mol. The van der Waals surface area contributed by atoms with Crippen LogP contribution in [-0.4, -0.2) is 34.4 Å². The van der Waals surface area contributed by atoms with Gasteiger partial charge in [0.25, 0.3) is 5.22 Å². The maximum atomic E-state index is 11.9. The molecule has 2 rings (SSSR count). The van der Waals surface area contributed by atoms with Gasteiger partial charge in [0.1, 0.15) is 5.52 Å². The number of oxazole rings is 1. The number of thioether (sulfide) groups is 1. The number of hydrogen-bond donors (Lipinski definition) is 2. The highest BCUT2D eigenvalue weighted by Crippen LogP contribution is 2.22. The number of para-hydroxylation sites is 2. The Balaban J connectivity index is 1.88. The molecule has 0 aliphatic rings. The van der Waals surface area contributed by atoms with E-state index >= 15 is 0 Å². The molecule has 0 saturated heterocycles. The van der Waals surface area contributed by atoms with E-state index in [4.69, 9.17) is 9.52 Å². The molecule has 1 heterocycles. The number of aliphatic hydroxyl groups is 1. The maximum Gasteiger partial charge on any atom is 0.257 e. The molecule has 1 atom stereocenters. The number of carbonyl (C=O) groups is 1. The summed E-state index contributed by atoms with van der Waals surface area (Å²) in [6.07, 6.45) is 0.566. The standard InChI is InChI=1S/C15H20N2O3S/c1-10(2)11(7-8-18)16-14(19)9-21-15-17-12-5-3-4-6-13(12)20-15/h3-6,10-11,18H,7-9H2,1-2H3,(H,16,19). The van der Waals surface area contributed by atoms with Gasteiger partial charge < -0.3 is 14.8 Å². The molecule has 1 amide bonds. The van der Waals surface area contributed by atoms with E-state index in [9.17, 15) is 4.79 Å². The average Bonchev–Trinajstić information content (AvgIpc) is 2.87. The number of nitrogens with zero attached hydrogens (tertiary/aromatic N) is 1. The van der Waals surface area contributed by atoms with Gasteiger partial charge in [-0.15, -0.1) is 0 Å². The molecule has 21 heavy (non-hydrogen) atoms. The number of aromatic nitrogens is 1. The number of hydrogen-bond acceptors (Lipinski definition) is 5. The minimum absolute atomic E-state index is 0.00766. The zero-order valence-electron chi connectivity index (χ0n) is 12.2. The third-order valence-electron chi connectivity index (χ3n) is 3.19. The van der Waals surface area contributed by atoms with Crippen LogP contribution in [0, 0.1) is 5.92 Å². The summed E-state index contributed by atoms with van der Waals surface area (Å²) >= 11 is 1.27. The summed E-state index contributed by atoms with van der Waals surface area (Å²) in [7, 11) is 0. The van der Waals surface area contributed by atoms with Crippen LogP contribution in [0.4, 0.5) is 0 Å². The first-order chi connectivity index (χ1) is 10.1. The molecule has 0 saturated carbocycles. The van der Waals surface area contributed by atoms with Crippen molar-refractivity contribution >= 4 is 28.8 Å². The fourth-order valence-electron chi connectivity index (χ4n) is 2.00. The van der Waals surface area contributed by atoms with E-state index in [1.165, 1.54) is 11.8 Å². The van der Waals surface area contributed by atoms with Crippen molar-refractivity contribution in [1.82, 2.24) is 10.3 Å². The van der Waals surface area contributed by atoms with Crippen molar-refractivity contribution in [2.24, 2.45) is 5.92 Å². The van der Waals surface area contributed by atoms with Gasteiger partial charge in [0, 0.05) is 12.6 Å². The van der Waals surface area contributed by atoms with Gasteiger partial charge in [-0.25, -0.2) is 4.98 Å². The molecular weight excluding hydrogens is 288 g/mol. The number of benzene rings is 1. The Morgan fingerprint density at radius 1 is 1.43 bits per heavy atom. The molecule has 1 unspecified atom stereocenters. The molecule has 1 aromatic heterocycles. The third-order valence-corrected chi connectivity index (χ3v) is 4.02. The zero-order valence-corrected chi connectivity index (χ0v) is 13.0. The Labute approximate surface area is 128 Å². The largest absolute Gasteiger partial charge is 0.431 e. The summed E-state index contributed by atoms with van der Waals surface area (Å²) < 4.78 is 5.55. The van der Waals surface area contributed by atoms with Crippen molar-refractivity contribution in [2.45, 2.75) is 31.5 Å². The molecule has 6 heteroatoms. The van der Waals surface area contributed by atoms with E-state index in [1.807, 2.05) is 38.1 Å². The summed E-state index contributed by atoms with van der Waals surface area (Å²) in [5.41, 5.74) is 1.52. The molecule has 114 valence electrons. The van der Waals surface area contributed by atoms with Crippen LogP contribution in [0.15, 0.2) is 33.9 Å². The lowest BCUT2D eigenvalue weighted by molar-refractivity contribution is -0.119. The van der Waals surface area contributed by atoms with E-state index < -0.39 is 0 Å². The van der Waals surface area contributed by atoms with Crippen LogP contribution in [-0.2, 0) is 4.79 Å². The first-order valence-corrected chi connectivity index (χ1v) is 7.97. The highest BCUT2D eigenvalue weighted by atomic mass is 32.2. The van der Waals surface area contributed by atoms with Crippen LogP contribution in [0.2, 0.25) is 0 Å². The molecule has 0 spiro atoms. The molecule has 0 aliphatic carbocycles. The second kappa shape index (κ2) is 7.47. The monoisotopic (exact) mass is 308 g/mol. The number of fused-ring (bicyclic) bond motifs is 1. The Hall–Kier alpha value is -1.53. The molecule has 2 N–H and O–H groups in total. The number of nitrogens with one attached hydrogen (secondary N) is 1. The Morgan fingerprint density at radius 2 is 2.19 bits per heavy atom. The van der Waals surface area contributed by atoms with Crippen LogP contribution in [0.5, 0.6) is 0 Å². The number of amides is 1. The van der Waals surface area contributed by atoms with Gasteiger partial charge in [-0.1, -0.05) is 37.7 Å². The average molecular weight is 308 g/mol. The summed E-state index contributed by atoms with van der Waals surface area (Å²) in [5.74, 6) is 0.464. The lowest BCUT2D eigenvalue weighted by Crippen LogP contribution is -2.40. The number of carbonyl (C=O) groups excluding carboxylic acids is 1. The van der Waals surface area contributed by atoms with Gasteiger partial charge in [0.05, 0.1) is 5.75 Å². The minimum Gasteiger partial charge on any atom is -0.431 e. The van der Waals surface area contributed by atoms with Crippen LogP contribution in [0.1, 0.15) is 20.3 Å². The van der Waals surface area contributed by atoms with E-state index in [2.05, 4.69) is 10.3 Å². The molecule has 0 radical (unpaired) electrons. The van der Waals surface area contributed by atoms with Gasteiger partial charge in [0.15, 0.2) is 5.58 Å². The topological polar surface area (TPSA) is 75.4 Å². The van der Waals surface area contributed by atoms with Crippen molar-refractivity contribution in [2.75, 3.05) is 12.4 Å². The van der Waals surface area contributed by atoms with Crippen molar-refractivity contribution < 1.29 is 14.3 Å². The van der Waals surface area contributed by atoms with Crippen LogP contribution < -0.4 is 5.32 Å². The van der Waals surface area contributed by atoms with Crippen LogP contribution in [0.3, 0.4) is 0 Å². The highest BCUT2D eigenvalue weighted by molar-refractivity contribution is 7.99. The summed E-state index contributed by atoms with van der Waals surface area (Å²) in [6.45, 7) is 4.12. The SMILES string of the molecule is CC(C)C(CCO)NC(=O)CSc1nc2ccccc2o1. The fourth-order valence-corrected chi connectivity index (χ4v) is 2.65. The first kappa shape index (κ1) is 15.9. The van der Waals surface area contributed by atoms with Gasteiger partial charge in [-0.05, 0) is 24.5 Å². The van der Waals surface area contributed by atoms with E-state index in [0.29, 0.717) is 11.6 Å². The Bertz CT molecular complexity index is 564. The van der Waals surface area contributed by atoms with Crippen LogP contribution in [0.25, 0.3) is 11.1 Å². The molecule has 0 fully saturated rings. The first-order valence-electron chi connectivity index (χ1n) is 6.98. The van der Waals surface area contributed by atoms with Crippen molar-refractivity contribution in [1.29, 1.82) is 0 Å². The number of rotatable bonds is 7. The lowest BCUT2D eigenvalue weighted by Gasteiger charge is -2.21. The van der Waals surface area contributed by atoms with E-state index in [0.717, 1.165) is 11.1 Å². The molecule has 2 aromatic rings. The van der Waals surface area contributed by atoms with Crippen LogP contribution >= 0.6 is 11.8 Å². The minimum atomic E-state index is -0.0746. The highest BCUT2D eigenvalue weighted by Gasteiger charge is 2.16. The third kappa shape index (κ3) is 4.47. The molecule has 0 bridgehead atoms. The quantitative estimate of drug-likeness (QED) is 0.768. The second-order valence-corrected chi connectivity index (χ2v) is 6.09. The van der Waals surface area contributed by atoms with Gasteiger partial charge in [-0.2, -0.15) is 0 Å². The zero-order chi connectivity index (χ0) is 15.2. The predicted octanol–water partition coefficient (Wildman–Crippen LogP) is 2.44. The Kier molecular flexibility index (Phi) is 5.64. The number of aliphatic hydroxyl groups excluding tert-OH is 1. The van der Waals surface area contributed by atoms with Gasteiger partial charge >= 0.3 is 0 Å². The molecule has 0 aliphatic heterocycles.